The molecule has 0 radical (unpaired) electrons. The SMILES string of the molecule is C/C=C/c1ccccc1C1(C)CC(=O)C1. The molecule has 15 heavy (non-hydrogen) atoms. The minimum Gasteiger partial charge on any atom is -0.300 e. The molecule has 1 aromatic carbocycles. The Morgan fingerprint density at radius 3 is 2.53 bits per heavy atom. The summed E-state index contributed by atoms with van der Waals surface area (Å²) in [5.74, 6) is 0.382. The van der Waals surface area contributed by atoms with Crippen molar-refractivity contribution in [2.45, 2.75) is 32.1 Å². The number of hydrogen-bond donors (Lipinski definition) is 0. The van der Waals surface area contributed by atoms with Gasteiger partial charge in [0.15, 0.2) is 0 Å². The van der Waals surface area contributed by atoms with E-state index in [2.05, 4.69) is 31.2 Å². The van der Waals surface area contributed by atoms with Crippen LogP contribution in [0.25, 0.3) is 6.08 Å². The van der Waals surface area contributed by atoms with Crippen LogP contribution < -0.4 is 0 Å². The minimum atomic E-state index is 0.0766. The van der Waals surface area contributed by atoms with Gasteiger partial charge in [-0.1, -0.05) is 43.3 Å². The first-order chi connectivity index (χ1) is 7.15. The van der Waals surface area contributed by atoms with Crippen LogP contribution in [0.5, 0.6) is 0 Å². The second-order valence-corrected chi connectivity index (χ2v) is 4.54. The van der Waals surface area contributed by atoms with Crippen LogP contribution in [-0.2, 0) is 10.2 Å². The number of allylic oxidation sites excluding steroid dienone is 1. The fraction of sp³-hybridized carbons (Fsp3) is 0.357. The lowest BCUT2D eigenvalue weighted by atomic mass is 9.64. The predicted molar refractivity (Wildman–Crippen MR) is 62.7 cm³/mol. The Morgan fingerprint density at radius 2 is 1.93 bits per heavy atom. The van der Waals surface area contributed by atoms with Gasteiger partial charge in [-0.15, -0.1) is 0 Å². The molecule has 0 atom stereocenters. The molecule has 1 aliphatic rings. The molecular weight excluding hydrogens is 184 g/mol. The van der Waals surface area contributed by atoms with Gasteiger partial charge >= 0.3 is 0 Å². The third kappa shape index (κ3) is 1.74. The van der Waals surface area contributed by atoms with E-state index in [1.54, 1.807) is 0 Å². The first kappa shape index (κ1) is 10.2. The van der Waals surface area contributed by atoms with Crippen LogP contribution in [0.4, 0.5) is 0 Å². The Hall–Kier alpha value is -1.37. The van der Waals surface area contributed by atoms with Crippen molar-refractivity contribution < 1.29 is 4.79 Å². The molecule has 0 heterocycles. The topological polar surface area (TPSA) is 17.1 Å². The molecule has 1 fully saturated rings. The fourth-order valence-corrected chi connectivity index (χ4v) is 2.38. The Bertz CT molecular complexity index is 407. The maximum atomic E-state index is 11.1. The fourth-order valence-electron chi connectivity index (χ4n) is 2.38. The monoisotopic (exact) mass is 200 g/mol. The highest BCUT2D eigenvalue weighted by atomic mass is 16.1. The molecule has 0 aromatic heterocycles. The summed E-state index contributed by atoms with van der Waals surface area (Å²) in [7, 11) is 0. The van der Waals surface area contributed by atoms with Crippen molar-refractivity contribution in [3.05, 3.63) is 41.5 Å². The first-order valence-corrected chi connectivity index (χ1v) is 5.40. The molecule has 0 N–H and O–H groups in total. The highest BCUT2D eigenvalue weighted by molar-refractivity contribution is 5.88. The molecule has 1 aromatic rings. The van der Waals surface area contributed by atoms with E-state index >= 15 is 0 Å². The van der Waals surface area contributed by atoms with Gasteiger partial charge < -0.3 is 0 Å². The van der Waals surface area contributed by atoms with Crippen LogP contribution in [0.15, 0.2) is 30.3 Å². The highest BCUT2D eigenvalue weighted by Crippen LogP contribution is 2.42. The second kappa shape index (κ2) is 3.65. The number of hydrogen-bond acceptors (Lipinski definition) is 1. The molecule has 1 saturated carbocycles. The molecule has 1 aliphatic carbocycles. The minimum absolute atomic E-state index is 0.0766. The zero-order valence-corrected chi connectivity index (χ0v) is 9.29. The summed E-state index contributed by atoms with van der Waals surface area (Å²) in [6, 6.07) is 8.35. The Balaban J connectivity index is 2.39. The third-order valence-corrected chi connectivity index (χ3v) is 3.13. The maximum Gasteiger partial charge on any atom is 0.134 e. The normalized spacial score (nSPS) is 19.2. The smallest absolute Gasteiger partial charge is 0.134 e. The van der Waals surface area contributed by atoms with E-state index in [0.29, 0.717) is 18.6 Å². The van der Waals surface area contributed by atoms with E-state index in [0.717, 1.165) is 0 Å². The van der Waals surface area contributed by atoms with E-state index in [9.17, 15) is 4.79 Å². The predicted octanol–water partition coefficient (Wildman–Crippen LogP) is 3.34. The van der Waals surface area contributed by atoms with Crippen molar-refractivity contribution in [1.29, 1.82) is 0 Å². The van der Waals surface area contributed by atoms with Crippen molar-refractivity contribution in [1.82, 2.24) is 0 Å². The van der Waals surface area contributed by atoms with Crippen molar-refractivity contribution >= 4 is 11.9 Å². The summed E-state index contributed by atoms with van der Waals surface area (Å²) in [4.78, 5) is 11.1. The van der Waals surface area contributed by atoms with E-state index < -0.39 is 0 Å². The van der Waals surface area contributed by atoms with Gasteiger partial charge in [-0.2, -0.15) is 0 Å². The number of Topliss-reactive ketones (excluding diaryl/α,β-unsaturated/α-hetero) is 1. The molecule has 0 spiro atoms. The van der Waals surface area contributed by atoms with Crippen molar-refractivity contribution in [2.24, 2.45) is 0 Å². The van der Waals surface area contributed by atoms with Crippen molar-refractivity contribution in [3.8, 4) is 0 Å². The van der Waals surface area contributed by atoms with Gasteiger partial charge in [-0.25, -0.2) is 0 Å². The average Bonchev–Trinajstić information content (AvgIpc) is 2.17. The van der Waals surface area contributed by atoms with Gasteiger partial charge in [0.2, 0.25) is 0 Å². The van der Waals surface area contributed by atoms with Crippen molar-refractivity contribution in [2.75, 3.05) is 0 Å². The van der Waals surface area contributed by atoms with E-state index in [1.165, 1.54) is 11.1 Å². The zero-order chi connectivity index (χ0) is 10.9. The summed E-state index contributed by atoms with van der Waals surface area (Å²) < 4.78 is 0. The summed E-state index contributed by atoms with van der Waals surface area (Å²) >= 11 is 0. The Labute approximate surface area is 90.8 Å². The Kier molecular flexibility index (Phi) is 2.47. The van der Waals surface area contributed by atoms with Gasteiger partial charge in [-0.3, -0.25) is 4.79 Å². The summed E-state index contributed by atoms with van der Waals surface area (Å²) in [6.07, 6.45) is 5.55. The number of rotatable bonds is 2. The molecule has 0 unspecified atom stereocenters. The third-order valence-electron chi connectivity index (χ3n) is 3.13. The highest BCUT2D eigenvalue weighted by Gasteiger charge is 2.41. The van der Waals surface area contributed by atoms with Gasteiger partial charge in [0.1, 0.15) is 5.78 Å². The van der Waals surface area contributed by atoms with Crippen LogP contribution in [0.3, 0.4) is 0 Å². The molecule has 0 bridgehead atoms. The lowest BCUT2D eigenvalue weighted by molar-refractivity contribution is -0.127. The molecule has 0 saturated heterocycles. The molecule has 1 nitrogen and oxygen atoms in total. The molecule has 1 heteroatoms. The maximum absolute atomic E-state index is 11.1. The second-order valence-electron chi connectivity index (χ2n) is 4.54. The molecule has 2 rings (SSSR count). The number of carbonyl (C=O) groups is 1. The van der Waals surface area contributed by atoms with E-state index in [4.69, 9.17) is 0 Å². The number of carbonyl (C=O) groups excluding carboxylic acids is 1. The molecule has 0 aliphatic heterocycles. The summed E-state index contributed by atoms with van der Waals surface area (Å²) in [5, 5.41) is 0. The van der Waals surface area contributed by atoms with Gasteiger partial charge in [0.05, 0.1) is 0 Å². The average molecular weight is 200 g/mol. The Morgan fingerprint density at radius 1 is 1.27 bits per heavy atom. The van der Waals surface area contributed by atoms with Gasteiger partial charge in [0.25, 0.3) is 0 Å². The lowest BCUT2D eigenvalue weighted by Gasteiger charge is -2.38. The number of ketones is 1. The van der Waals surface area contributed by atoms with Gasteiger partial charge in [-0.05, 0) is 18.1 Å². The summed E-state index contributed by atoms with van der Waals surface area (Å²) in [6.45, 7) is 4.20. The van der Waals surface area contributed by atoms with Crippen LogP contribution in [0.2, 0.25) is 0 Å². The van der Waals surface area contributed by atoms with Gasteiger partial charge in [0, 0.05) is 18.3 Å². The first-order valence-electron chi connectivity index (χ1n) is 5.40. The largest absolute Gasteiger partial charge is 0.300 e. The van der Waals surface area contributed by atoms with Crippen LogP contribution >= 0.6 is 0 Å². The van der Waals surface area contributed by atoms with E-state index in [1.807, 2.05) is 19.1 Å². The summed E-state index contributed by atoms with van der Waals surface area (Å²) in [5.41, 5.74) is 2.63. The quantitative estimate of drug-likeness (QED) is 0.715. The lowest BCUT2D eigenvalue weighted by Crippen LogP contribution is -2.39. The standard InChI is InChI=1S/C14H16O/c1-3-6-11-7-4-5-8-13(11)14(2)9-12(15)10-14/h3-8H,9-10H2,1-2H3/b6-3+. The van der Waals surface area contributed by atoms with E-state index in [-0.39, 0.29) is 5.41 Å². The van der Waals surface area contributed by atoms with Crippen molar-refractivity contribution in [3.63, 3.8) is 0 Å². The van der Waals surface area contributed by atoms with Crippen LogP contribution in [0.1, 0.15) is 37.8 Å². The number of benzene rings is 1. The molecular formula is C14H16O. The molecule has 0 amide bonds. The zero-order valence-electron chi connectivity index (χ0n) is 9.29. The molecule has 78 valence electrons. The van der Waals surface area contributed by atoms with Crippen LogP contribution in [0, 0.1) is 0 Å². The van der Waals surface area contributed by atoms with Crippen LogP contribution in [-0.4, -0.2) is 5.78 Å².